The minimum atomic E-state index is -0.654. The van der Waals surface area contributed by atoms with Crippen LogP contribution >= 0.6 is 11.8 Å². The van der Waals surface area contributed by atoms with Crippen molar-refractivity contribution >= 4 is 28.2 Å². The zero-order valence-electron chi connectivity index (χ0n) is 10.8. The third-order valence-corrected chi connectivity index (χ3v) is 3.69. The Balaban J connectivity index is 2.28. The molecule has 1 heterocycles. The molecule has 0 unspecified atom stereocenters. The maximum atomic E-state index is 11.0. The first-order valence-corrected chi connectivity index (χ1v) is 6.54. The topological polar surface area (TPSA) is 111 Å². The van der Waals surface area contributed by atoms with Gasteiger partial charge in [0.2, 0.25) is 0 Å². The standard InChI is InChI=1S/C11H12N4O4S/c1-11(2)6-10(12-13-11)20-9-4-3-7(14(16)17)5-8(9)15(18)19/h3-5,13H,6H2,1-2H3. The van der Waals surface area contributed by atoms with Crippen molar-refractivity contribution in [3.05, 3.63) is 38.4 Å². The van der Waals surface area contributed by atoms with Crippen LogP contribution < -0.4 is 5.43 Å². The van der Waals surface area contributed by atoms with Gasteiger partial charge >= 0.3 is 0 Å². The first-order chi connectivity index (χ1) is 9.28. The lowest BCUT2D eigenvalue weighted by Crippen LogP contribution is -2.30. The summed E-state index contributed by atoms with van der Waals surface area (Å²) < 4.78 is 0. The Bertz CT molecular complexity index is 614. The van der Waals surface area contributed by atoms with Gasteiger partial charge in [0.05, 0.1) is 26.3 Å². The van der Waals surface area contributed by atoms with E-state index in [1.807, 2.05) is 13.8 Å². The number of nitrogens with one attached hydrogen (secondary N) is 1. The van der Waals surface area contributed by atoms with Crippen LogP contribution in [0.5, 0.6) is 0 Å². The molecule has 1 aromatic rings. The van der Waals surface area contributed by atoms with Crippen molar-refractivity contribution in [2.75, 3.05) is 0 Å². The van der Waals surface area contributed by atoms with Gasteiger partial charge in [0.15, 0.2) is 0 Å². The number of hydrazone groups is 1. The summed E-state index contributed by atoms with van der Waals surface area (Å²) in [6.45, 7) is 3.93. The summed E-state index contributed by atoms with van der Waals surface area (Å²) >= 11 is 1.15. The molecule has 106 valence electrons. The fourth-order valence-corrected chi connectivity index (χ4v) is 2.86. The van der Waals surface area contributed by atoms with Gasteiger partial charge in [0.1, 0.15) is 5.04 Å². The lowest BCUT2D eigenvalue weighted by Gasteiger charge is -2.15. The number of nitro benzene ring substituents is 2. The predicted molar refractivity (Wildman–Crippen MR) is 74.9 cm³/mol. The Morgan fingerprint density at radius 1 is 1.30 bits per heavy atom. The Kier molecular flexibility index (Phi) is 3.62. The summed E-state index contributed by atoms with van der Waals surface area (Å²) in [5.74, 6) is 0. The molecule has 8 nitrogen and oxygen atoms in total. The average Bonchev–Trinajstić information content (AvgIpc) is 2.68. The zero-order valence-corrected chi connectivity index (χ0v) is 11.6. The molecule has 0 spiro atoms. The van der Waals surface area contributed by atoms with E-state index in [0.717, 1.165) is 17.8 Å². The average molecular weight is 296 g/mol. The van der Waals surface area contributed by atoms with Crippen molar-refractivity contribution in [1.29, 1.82) is 0 Å². The summed E-state index contributed by atoms with van der Waals surface area (Å²) in [6.07, 6.45) is 0.645. The fraction of sp³-hybridized carbons (Fsp3) is 0.364. The Hall–Kier alpha value is -2.16. The molecule has 1 aliphatic rings. The van der Waals surface area contributed by atoms with Crippen LogP contribution in [0.15, 0.2) is 28.2 Å². The van der Waals surface area contributed by atoms with E-state index in [4.69, 9.17) is 0 Å². The Labute approximate surface area is 118 Å². The molecule has 0 atom stereocenters. The molecule has 2 rings (SSSR count). The zero-order chi connectivity index (χ0) is 14.9. The molecule has 1 aliphatic heterocycles. The van der Waals surface area contributed by atoms with E-state index in [1.165, 1.54) is 12.1 Å². The second-order valence-corrected chi connectivity index (χ2v) is 6.06. The first kappa shape index (κ1) is 14.3. The van der Waals surface area contributed by atoms with Crippen molar-refractivity contribution in [3.63, 3.8) is 0 Å². The van der Waals surface area contributed by atoms with Crippen LogP contribution in [0.2, 0.25) is 0 Å². The monoisotopic (exact) mass is 296 g/mol. The van der Waals surface area contributed by atoms with Crippen molar-refractivity contribution in [2.45, 2.75) is 30.7 Å². The second kappa shape index (κ2) is 5.08. The molecule has 1 aromatic carbocycles. The van der Waals surface area contributed by atoms with E-state index in [0.29, 0.717) is 16.4 Å². The number of non-ortho nitro benzene ring substituents is 1. The van der Waals surface area contributed by atoms with E-state index >= 15 is 0 Å². The molecule has 0 aromatic heterocycles. The van der Waals surface area contributed by atoms with E-state index < -0.39 is 9.85 Å². The highest BCUT2D eigenvalue weighted by Crippen LogP contribution is 2.36. The predicted octanol–water partition coefficient (Wildman–Crippen LogP) is 2.68. The SMILES string of the molecule is CC1(C)CC(Sc2ccc([N+](=O)[O-])cc2[N+](=O)[O-])=NN1. The van der Waals surface area contributed by atoms with Gasteiger partial charge in [0.25, 0.3) is 11.4 Å². The first-order valence-electron chi connectivity index (χ1n) is 5.73. The molecule has 0 amide bonds. The van der Waals surface area contributed by atoms with E-state index in [2.05, 4.69) is 10.5 Å². The summed E-state index contributed by atoms with van der Waals surface area (Å²) in [7, 11) is 0. The molecule has 0 fully saturated rings. The number of hydrogen-bond donors (Lipinski definition) is 1. The summed E-state index contributed by atoms with van der Waals surface area (Å²) in [5.41, 5.74) is 2.17. The van der Waals surface area contributed by atoms with Crippen LogP contribution in [0.1, 0.15) is 20.3 Å². The molecule has 1 N–H and O–H groups in total. The Morgan fingerprint density at radius 3 is 2.50 bits per heavy atom. The van der Waals surface area contributed by atoms with Crippen LogP contribution in [-0.2, 0) is 0 Å². The van der Waals surface area contributed by atoms with Gasteiger partial charge in [0, 0.05) is 12.5 Å². The summed E-state index contributed by atoms with van der Waals surface area (Å²) in [6, 6.07) is 3.61. The third kappa shape index (κ3) is 3.05. The van der Waals surface area contributed by atoms with Crippen molar-refractivity contribution in [3.8, 4) is 0 Å². The van der Waals surface area contributed by atoms with Crippen LogP contribution in [-0.4, -0.2) is 20.4 Å². The summed E-state index contributed by atoms with van der Waals surface area (Å²) in [5, 5.41) is 26.5. The fourth-order valence-electron chi connectivity index (χ4n) is 1.70. The molecule has 0 saturated heterocycles. The molecular formula is C11H12N4O4S. The lowest BCUT2D eigenvalue weighted by molar-refractivity contribution is -0.396. The van der Waals surface area contributed by atoms with E-state index in [1.54, 1.807) is 0 Å². The maximum absolute atomic E-state index is 11.0. The third-order valence-electron chi connectivity index (χ3n) is 2.65. The van der Waals surface area contributed by atoms with Gasteiger partial charge in [-0.05, 0) is 19.9 Å². The van der Waals surface area contributed by atoms with Gasteiger partial charge in [-0.15, -0.1) is 0 Å². The molecule has 0 bridgehead atoms. The smallest absolute Gasteiger partial charge is 0.290 e. The van der Waals surface area contributed by atoms with Gasteiger partial charge < -0.3 is 5.43 Å². The molecule has 20 heavy (non-hydrogen) atoms. The number of nitro groups is 2. The molecule has 0 saturated carbocycles. The van der Waals surface area contributed by atoms with Crippen LogP contribution in [0.3, 0.4) is 0 Å². The van der Waals surface area contributed by atoms with Crippen molar-refractivity contribution in [2.24, 2.45) is 5.10 Å². The number of rotatable bonds is 3. The molecule has 9 heteroatoms. The van der Waals surface area contributed by atoms with Gasteiger partial charge in [-0.1, -0.05) is 11.8 Å². The molecular weight excluding hydrogens is 284 g/mol. The quantitative estimate of drug-likeness (QED) is 0.678. The van der Waals surface area contributed by atoms with Crippen molar-refractivity contribution < 1.29 is 9.85 Å². The second-order valence-electron chi connectivity index (χ2n) is 4.95. The normalized spacial score (nSPS) is 16.4. The molecule has 0 aliphatic carbocycles. The highest BCUT2D eigenvalue weighted by atomic mass is 32.2. The minimum absolute atomic E-state index is 0.183. The van der Waals surface area contributed by atoms with Crippen LogP contribution in [0.4, 0.5) is 11.4 Å². The summed E-state index contributed by atoms with van der Waals surface area (Å²) in [4.78, 5) is 20.7. The van der Waals surface area contributed by atoms with Gasteiger partial charge in [-0.2, -0.15) is 5.10 Å². The number of nitrogens with zero attached hydrogens (tertiary/aromatic N) is 3. The van der Waals surface area contributed by atoms with Gasteiger partial charge in [-0.25, -0.2) is 0 Å². The number of benzene rings is 1. The van der Waals surface area contributed by atoms with Crippen molar-refractivity contribution in [1.82, 2.24) is 5.43 Å². The largest absolute Gasteiger partial charge is 0.303 e. The Morgan fingerprint density at radius 2 is 2.00 bits per heavy atom. The highest BCUT2D eigenvalue weighted by molar-refractivity contribution is 8.14. The van der Waals surface area contributed by atoms with E-state index in [-0.39, 0.29) is 16.9 Å². The van der Waals surface area contributed by atoms with E-state index in [9.17, 15) is 20.2 Å². The van der Waals surface area contributed by atoms with Gasteiger partial charge in [-0.3, -0.25) is 20.2 Å². The molecule has 0 radical (unpaired) electrons. The minimum Gasteiger partial charge on any atom is -0.303 e. The van der Waals surface area contributed by atoms with Crippen LogP contribution in [0.25, 0.3) is 0 Å². The lowest BCUT2D eigenvalue weighted by atomic mass is 10.0. The number of thioether (sulfide) groups is 1. The maximum Gasteiger partial charge on any atom is 0.290 e. The van der Waals surface area contributed by atoms with Crippen LogP contribution in [0, 0.1) is 20.2 Å². The number of hydrogen-bond acceptors (Lipinski definition) is 7. The highest BCUT2D eigenvalue weighted by Gasteiger charge is 2.28.